The molecule has 1 amide bonds. The van der Waals surface area contributed by atoms with E-state index in [-0.39, 0.29) is 18.0 Å². The number of rotatable bonds is 5. The number of aromatic nitrogens is 3. The van der Waals surface area contributed by atoms with Crippen LogP contribution in [-0.2, 0) is 37.3 Å². The molecule has 146 valence electrons. The quantitative estimate of drug-likeness (QED) is 0.742. The molecule has 0 saturated heterocycles. The zero-order chi connectivity index (χ0) is 19.7. The Morgan fingerprint density at radius 1 is 1.18 bits per heavy atom. The number of aryl methyl sites for hydroxylation is 3. The van der Waals surface area contributed by atoms with Crippen molar-refractivity contribution >= 4 is 16.9 Å². The lowest BCUT2D eigenvalue weighted by molar-refractivity contribution is -0.121. The molecule has 1 aliphatic heterocycles. The van der Waals surface area contributed by atoms with Crippen LogP contribution in [0.1, 0.15) is 42.4 Å². The van der Waals surface area contributed by atoms with Crippen LogP contribution in [0.15, 0.2) is 35.1 Å². The first kappa shape index (κ1) is 18.5. The van der Waals surface area contributed by atoms with E-state index in [0.717, 1.165) is 42.8 Å². The third-order valence-electron chi connectivity index (χ3n) is 5.55. The van der Waals surface area contributed by atoms with Gasteiger partial charge in [-0.25, -0.2) is 4.98 Å². The SMILES string of the molecule is CCc1ccc(CNC(=O)Cn2c(C)cc3nc4n(c(=O)c32)CCCC4)cc1. The fourth-order valence-electron chi connectivity index (χ4n) is 3.88. The van der Waals surface area contributed by atoms with Crippen LogP contribution in [0, 0.1) is 6.92 Å². The molecule has 0 bridgehead atoms. The van der Waals surface area contributed by atoms with Gasteiger partial charge in [0.25, 0.3) is 5.56 Å². The van der Waals surface area contributed by atoms with Crippen molar-refractivity contribution in [1.29, 1.82) is 0 Å². The maximum atomic E-state index is 13.0. The minimum absolute atomic E-state index is 0.0317. The highest BCUT2D eigenvalue weighted by molar-refractivity contribution is 5.81. The molecule has 0 aliphatic carbocycles. The Hall–Kier alpha value is -2.89. The van der Waals surface area contributed by atoms with Crippen LogP contribution in [0.2, 0.25) is 0 Å². The van der Waals surface area contributed by atoms with Gasteiger partial charge in [0.2, 0.25) is 5.91 Å². The van der Waals surface area contributed by atoms with E-state index in [1.165, 1.54) is 5.56 Å². The molecule has 0 radical (unpaired) electrons. The number of hydrogen-bond donors (Lipinski definition) is 1. The Balaban J connectivity index is 1.54. The molecule has 6 heteroatoms. The number of hydrogen-bond acceptors (Lipinski definition) is 3. The van der Waals surface area contributed by atoms with E-state index in [9.17, 15) is 9.59 Å². The van der Waals surface area contributed by atoms with E-state index in [1.807, 2.05) is 25.1 Å². The molecule has 0 unspecified atom stereocenters. The summed E-state index contributed by atoms with van der Waals surface area (Å²) in [4.78, 5) is 30.2. The summed E-state index contributed by atoms with van der Waals surface area (Å²) in [6, 6.07) is 10.2. The fourth-order valence-corrected chi connectivity index (χ4v) is 3.88. The van der Waals surface area contributed by atoms with Crippen LogP contribution in [0.3, 0.4) is 0 Å². The lowest BCUT2D eigenvalue weighted by atomic mass is 10.1. The number of nitrogens with zero attached hydrogens (tertiary/aromatic N) is 3. The number of nitrogens with one attached hydrogen (secondary N) is 1. The minimum Gasteiger partial charge on any atom is -0.350 e. The molecule has 1 aromatic carbocycles. The van der Waals surface area contributed by atoms with E-state index in [4.69, 9.17) is 0 Å². The van der Waals surface area contributed by atoms with E-state index < -0.39 is 0 Å². The van der Waals surface area contributed by atoms with Crippen LogP contribution in [0.5, 0.6) is 0 Å². The fraction of sp³-hybridized carbons (Fsp3) is 0.409. The average Bonchev–Trinajstić information content (AvgIpc) is 3.02. The Kier molecular flexibility index (Phi) is 5.03. The van der Waals surface area contributed by atoms with Gasteiger partial charge in [-0.3, -0.25) is 14.2 Å². The molecule has 4 rings (SSSR count). The summed E-state index contributed by atoms with van der Waals surface area (Å²) in [6.45, 7) is 5.35. The minimum atomic E-state index is -0.109. The van der Waals surface area contributed by atoms with Crippen LogP contribution in [-0.4, -0.2) is 20.0 Å². The van der Waals surface area contributed by atoms with Gasteiger partial charge in [0.15, 0.2) is 0 Å². The van der Waals surface area contributed by atoms with E-state index in [0.29, 0.717) is 24.1 Å². The number of amides is 1. The summed E-state index contributed by atoms with van der Waals surface area (Å²) >= 11 is 0. The maximum Gasteiger partial charge on any atom is 0.278 e. The molecule has 1 N–H and O–H groups in total. The van der Waals surface area contributed by atoms with Crippen molar-refractivity contribution in [2.45, 2.75) is 59.2 Å². The Bertz CT molecular complexity index is 1080. The van der Waals surface area contributed by atoms with Crippen LogP contribution < -0.4 is 10.9 Å². The van der Waals surface area contributed by atoms with Gasteiger partial charge < -0.3 is 9.88 Å². The molecule has 0 fully saturated rings. The van der Waals surface area contributed by atoms with Gasteiger partial charge >= 0.3 is 0 Å². The van der Waals surface area contributed by atoms with Crippen molar-refractivity contribution in [3.05, 3.63) is 63.3 Å². The zero-order valence-corrected chi connectivity index (χ0v) is 16.5. The standard InChI is InChI=1S/C22H26N4O2/c1-3-16-7-9-17(10-8-16)13-23-20(27)14-26-15(2)12-18-21(26)22(28)25-11-5-4-6-19(25)24-18/h7-10,12H,3-6,11,13-14H2,1-2H3,(H,23,27). The average molecular weight is 378 g/mol. The summed E-state index contributed by atoms with van der Waals surface area (Å²) in [6.07, 6.45) is 3.91. The van der Waals surface area contributed by atoms with Crippen molar-refractivity contribution in [2.75, 3.05) is 0 Å². The highest BCUT2D eigenvalue weighted by Gasteiger charge is 2.19. The first-order valence-electron chi connectivity index (χ1n) is 10.0. The highest BCUT2D eigenvalue weighted by Crippen LogP contribution is 2.18. The summed E-state index contributed by atoms with van der Waals surface area (Å²) < 4.78 is 3.57. The van der Waals surface area contributed by atoms with Crippen molar-refractivity contribution in [2.24, 2.45) is 0 Å². The second-order valence-electron chi connectivity index (χ2n) is 7.49. The predicted octanol–water partition coefficient (Wildman–Crippen LogP) is 2.72. The summed E-state index contributed by atoms with van der Waals surface area (Å²) in [5.41, 5.74) is 4.42. The molecule has 0 spiro atoms. The second-order valence-corrected chi connectivity index (χ2v) is 7.49. The third kappa shape index (κ3) is 3.46. The number of carbonyl (C=O) groups excluding carboxylic acids is 1. The Morgan fingerprint density at radius 2 is 1.93 bits per heavy atom. The molecule has 3 heterocycles. The highest BCUT2D eigenvalue weighted by atomic mass is 16.2. The normalized spacial score (nSPS) is 13.5. The monoisotopic (exact) mass is 378 g/mol. The third-order valence-corrected chi connectivity index (χ3v) is 5.55. The number of benzene rings is 1. The van der Waals surface area contributed by atoms with Crippen LogP contribution in [0.25, 0.3) is 11.0 Å². The van der Waals surface area contributed by atoms with Crippen molar-refractivity contribution in [1.82, 2.24) is 19.4 Å². The van der Waals surface area contributed by atoms with Crippen LogP contribution >= 0.6 is 0 Å². The zero-order valence-electron chi connectivity index (χ0n) is 16.5. The molecule has 2 aromatic heterocycles. The molecule has 6 nitrogen and oxygen atoms in total. The molecular formula is C22H26N4O2. The van der Waals surface area contributed by atoms with Crippen LogP contribution in [0.4, 0.5) is 0 Å². The largest absolute Gasteiger partial charge is 0.350 e. The van der Waals surface area contributed by atoms with E-state index >= 15 is 0 Å². The molecule has 0 saturated carbocycles. The maximum absolute atomic E-state index is 13.0. The van der Waals surface area contributed by atoms with Gasteiger partial charge in [0.05, 0.1) is 5.52 Å². The van der Waals surface area contributed by atoms with Gasteiger partial charge in [0, 0.05) is 25.2 Å². The Morgan fingerprint density at radius 3 is 2.68 bits per heavy atom. The first-order chi connectivity index (χ1) is 13.6. The summed E-state index contributed by atoms with van der Waals surface area (Å²) in [5, 5.41) is 2.96. The molecule has 28 heavy (non-hydrogen) atoms. The molecular weight excluding hydrogens is 352 g/mol. The van der Waals surface area contributed by atoms with Gasteiger partial charge in [-0.05, 0) is 43.4 Å². The van der Waals surface area contributed by atoms with E-state index in [2.05, 4.69) is 29.4 Å². The molecule has 1 aliphatic rings. The Labute approximate surface area is 164 Å². The van der Waals surface area contributed by atoms with Crippen molar-refractivity contribution < 1.29 is 4.79 Å². The second kappa shape index (κ2) is 7.62. The summed E-state index contributed by atoms with van der Waals surface area (Å²) in [7, 11) is 0. The van der Waals surface area contributed by atoms with Crippen molar-refractivity contribution in [3.63, 3.8) is 0 Å². The van der Waals surface area contributed by atoms with Gasteiger partial charge in [-0.1, -0.05) is 31.2 Å². The molecule has 0 atom stereocenters. The number of fused-ring (bicyclic) bond motifs is 2. The van der Waals surface area contributed by atoms with Crippen molar-refractivity contribution in [3.8, 4) is 0 Å². The molecule has 3 aromatic rings. The smallest absolute Gasteiger partial charge is 0.278 e. The number of carbonyl (C=O) groups is 1. The lowest BCUT2D eigenvalue weighted by Crippen LogP contribution is -2.31. The van der Waals surface area contributed by atoms with Gasteiger partial charge in [-0.15, -0.1) is 0 Å². The first-order valence-corrected chi connectivity index (χ1v) is 10.0. The van der Waals surface area contributed by atoms with Gasteiger partial charge in [-0.2, -0.15) is 0 Å². The summed E-state index contributed by atoms with van der Waals surface area (Å²) in [5.74, 6) is 0.753. The van der Waals surface area contributed by atoms with Gasteiger partial charge in [0.1, 0.15) is 17.9 Å². The topological polar surface area (TPSA) is 68.9 Å². The lowest BCUT2D eigenvalue weighted by Gasteiger charge is -2.17. The van der Waals surface area contributed by atoms with E-state index in [1.54, 1.807) is 9.13 Å². The predicted molar refractivity (Wildman–Crippen MR) is 109 cm³/mol.